The summed E-state index contributed by atoms with van der Waals surface area (Å²) >= 11 is 0. The summed E-state index contributed by atoms with van der Waals surface area (Å²) in [6, 6.07) is 5.70. The highest BCUT2D eigenvalue weighted by Crippen LogP contribution is 2.32. The number of hydrogen-bond acceptors (Lipinski definition) is 4. The largest absolute Gasteiger partial charge is 0.497 e. The van der Waals surface area contributed by atoms with Crippen molar-refractivity contribution in [3.63, 3.8) is 0 Å². The van der Waals surface area contributed by atoms with Crippen molar-refractivity contribution < 1.29 is 14.3 Å². The van der Waals surface area contributed by atoms with Gasteiger partial charge in [0, 0.05) is 12.1 Å². The molecule has 1 heterocycles. The molecule has 1 aromatic carbocycles. The smallest absolute Gasteiger partial charge is 0.246 e. The van der Waals surface area contributed by atoms with E-state index < -0.39 is 0 Å². The Labute approximate surface area is 129 Å². The van der Waals surface area contributed by atoms with E-state index in [9.17, 15) is 9.59 Å². The lowest BCUT2D eigenvalue weighted by Gasteiger charge is -2.30. The predicted octanol–water partition coefficient (Wildman–Crippen LogP) is 1.51. The van der Waals surface area contributed by atoms with Crippen LogP contribution in [0.1, 0.15) is 25.7 Å². The molecule has 6 nitrogen and oxygen atoms in total. The molecule has 118 valence electrons. The lowest BCUT2D eigenvalue weighted by atomic mass is 10.1. The van der Waals surface area contributed by atoms with Crippen LogP contribution in [0.15, 0.2) is 18.2 Å². The van der Waals surface area contributed by atoms with Crippen LogP contribution in [0, 0.1) is 0 Å². The van der Waals surface area contributed by atoms with Gasteiger partial charge in [-0.3, -0.25) is 14.5 Å². The van der Waals surface area contributed by atoms with Gasteiger partial charge < -0.3 is 15.4 Å². The molecule has 0 radical (unpaired) electrons. The number of rotatable bonds is 4. The monoisotopic (exact) mass is 303 g/mol. The summed E-state index contributed by atoms with van der Waals surface area (Å²) < 4.78 is 5.19. The maximum atomic E-state index is 12.2. The molecule has 0 spiro atoms. The predicted molar refractivity (Wildman–Crippen MR) is 84.2 cm³/mol. The van der Waals surface area contributed by atoms with Crippen LogP contribution in [0.25, 0.3) is 0 Å². The van der Waals surface area contributed by atoms with Gasteiger partial charge in [-0.1, -0.05) is 12.8 Å². The summed E-state index contributed by atoms with van der Waals surface area (Å²) in [7, 11) is 1.60. The van der Waals surface area contributed by atoms with Crippen LogP contribution in [-0.4, -0.2) is 38.1 Å². The maximum Gasteiger partial charge on any atom is 0.246 e. The Morgan fingerprint density at radius 2 is 2.18 bits per heavy atom. The quantitative estimate of drug-likeness (QED) is 0.884. The minimum atomic E-state index is -0.0979. The van der Waals surface area contributed by atoms with Gasteiger partial charge in [-0.25, -0.2) is 0 Å². The van der Waals surface area contributed by atoms with Crippen molar-refractivity contribution in [2.24, 2.45) is 0 Å². The van der Waals surface area contributed by atoms with E-state index in [0.29, 0.717) is 0 Å². The van der Waals surface area contributed by atoms with Gasteiger partial charge >= 0.3 is 0 Å². The molecule has 1 fully saturated rings. The maximum absolute atomic E-state index is 12.2. The lowest BCUT2D eigenvalue weighted by molar-refractivity contribution is -0.123. The summed E-state index contributed by atoms with van der Waals surface area (Å²) in [5, 5.41) is 6.08. The van der Waals surface area contributed by atoms with Crippen LogP contribution in [0.3, 0.4) is 0 Å². The number of amides is 2. The molecule has 0 atom stereocenters. The number of anilines is 2. The molecule has 1 aliphatic carbocycles. The van der Waals surface area contributed by atoms with Crippen molar-refractivity contribution in [2.75, 3.05) is 30.4 Å². The zero-order valence-corrected chi connectivity index (χ0v) is 12.7. The summed E-state index contributed by atoms with van der Waals surface area (Å²) in [5.74, 6) is 0.527. The van der Waals surface area contributed by atoms with E-state index in [1.165, 1.54) is 17.7 Å². The van der Waals surface area contributed by atoms with Gasteiger partial charge in [-0.05, 0) is 25.0 Å². The van der Waals surface area contributed by atoms with Crippen LogP contribution < -0.4 is 20.3 Å². The van der Waals surface area contributed by atoms with E-state index in [2.05, 4.69) is 10.6 Å². The van der Waals surface area contributed by atoms with Crippen LogP contribution in [0.2, 0.25) is 0 Å². The van der Waals surface area contributed by atoms with Crippen molar-refractivity contribution in [2.45, 2.75) is 31.7 Å². The van der Waals surface area contributed by atoms with E-state index in [-0.39, 0.29) is 30.9 Å². The SMILES string of the molecule is COc1ccc2c(c1)NCC(=O)N2CC(=O)NC1CCCC1. The molecule has 0 saturated heterocycles. The molecule has 1 saturated carbocycles. The summed E-state index contributed by atoms with van der Waals surface area (Å²) in [5.41, 5.74) is 1.53. The van der Waals surface area contributed by atoms with Gasteiger partial charge in [-0.2, -0.15) is 0 Å². The van der Waals surface area contributed by atoms with Gasteiger partial charge in [0.15, 0.2) is 0 Å². The van der Waals surface area contributed by atoms with E-state index >= 15 is 0 Å². The van der Waals surface area contributed by atoms with Gasteiger partial charge in [0.2, 0.25) is 11.8 Å². The van der Waals surface area contributed by atoms with Crippen LogP contribution in [0.4, 0.5) is 11.4 Å². The van der Waals surface area contributed by atoms with Crippen molar-refractivity contribution >= 4 is 23.2 Å². The van der Waals surface area contributed by atoms with Crippen molar-refractivity contribution in [3.8, 4) is 5.75 Å². The highest BCUT2D eigenvalue weighted by atomic mass is 16.5. The Kier molecular flexibility index (Phi) is 4.18. The zero-order valence-electron chi connectivity index (χ0n) is 12.7. The second-order valence-electron chi connectivity index (χ2n) is 5.77. The van der Waals surface area contributed by atoms with Gasteiger partial charge in [0.05, 0.1) is 25.0 Å². The Morgan fingerprint density at radius 1 is 1.41 bits per heavy atom. The third kappa shape index (κ3) is 3.00. The number of carbonyl (C=O) groups is 2. The molecular formula is C16H21N3O3. The van der Waals surface area contributed by atoms with Gasteiger partial charge in [0.1, 0.15) is 12.3 Å². The van der Waals surface area contributed by atoms with Crippen molar-refractivity contribution in [3.05, 3.63) is 18.2 Å². The molecule has 6 heteroatoms. The summed E-state index contributed by atoms with van der Waals surface area (Å²) in [6.07, 6.45) is 4.41. The van der Waals surface area contributed by atoms with E-state index in [4.69, 9.17) is 4.74 Å². The van der Waals surface area contributed by atoms with E-state index in [0.717, 1.165) is 30.0 Å². The second kappa shape index (κ2) is 6.25. The van der Waals surface area contributed by atoms with Gasteiger partial charge in [-0.15, -0.1) is 0 Å². The molecule has 3 rings (SSSR count). The number of hydrogen-bond donors (Lipinski definition) is 2. The average molecular weight is 303 g/mol. The fourth-order valence-corrected chi connectivity index (χ4v) is 3.08. The zero-order chi connectivity index (χ0) is 15.5. The first-order valence-corrected chi connectivity index (χ1v) is 7.69. The first kappa shape index (κ1) is 14.7. The molecule has 2 amide bonds. The van der Waals surface area contributed by atoms with E-state index in [1.807, 2.05) is 6.07 Å². The number of carbonyl (C=O) groups excluding carboxylic acids is 2. The molecule has 0 bridgehead atoms. The Balaban J connectivity index is 1.72. The number of fused-ring (bicyclic) bond motifs is 1. The molecule has 2 N–H and O–H groups in total. The normalized spacial score (nSPS) is 17.9. The van der Waals surface area contributed by atoms with Crippen molar-refractivity contribution in [1.29, 1.82) is 0 Å². The van der Waals surface area contributed by atoms with Crippen LogP contribution >= 0.6 is 0 Å². The van der Waals surface area contributed by atoms with Crippen LogP contribution in [0.5, 0.6) is 5.75 Å². The molecule has 2 aliphatic rings. The highest BCUT2D eigenvalue weighted by molar-refractivity contribution is 6.06. The van der Waals surface area contributed by atoms with Crippen molar-refractivity contribution in [1.82, 2.24) is 5.32 Å². The topological polar surface area (TPSA) is 70.7 Å². The number of benzene rings is 1. The highest BCUT2D eigenvalue weighted by Gasteiger charge is 2.27. The number of nitrogens with zero attached hydrogens (tertiary/aromatic N) is 1. The third-order valence-corrected chi connectivity index (χ3v) is 4.25. The fourth-order valence-electron chi connectivity index (χ4n) is 3.08. The lowest BCUT2D eigenvalue weighted by Crippen LogP contribution is -2.47. The average Bonchev–Trinajstić information content (AvgIpc) is 3.02. The minimum absolute atomic E-state index is 0.0658. The van der Waals surface area contributed by atoms with Crippen LogP contribution in [-0.2, 0) is 9.59 Å². The molecule has 22 heavy (non-hydrogen) atoms. The number of ether oxygens (including phenoxy) is 1. The Hall–Kier alpha value is -2.24. The first-order valence-electron chi connectivity index (χ1n) is 7.69. The third-order valence-electron chi connectivity index (χ3n) is 4.25. The number of methoxy groups -OCH3 is 1. The summed E-state index contributed by atoms with van der Waals surface area (Å²) in [4.78, 5) is 25.9. The standard InChI is InChI=1S/C16H21N3O3/c1-22-12-6-7-14-13(8-12)17-9-16(21)19(14)10-15(20)18-11-4-2-3-5-11/h6-8,11,17H,2-5,9-10H2,1H3,(H,18,20). The van der Waals surface area contributed by atoms with Gasteiger partial charge in [0.25, 0.3) is 0 Å². The second-order valence-corrected chi connectivity index (χ2v) is 5.77. The molecular weight excluding hydrogens is 282 g/mol. The molecule has 0 aromatic heterocycles. The fraction of sp³-hybridized carbons (Fsp3) is 0.500. The Bertz CT molecular complexity index is 582. The summed E-state index contributed by atoms with van der Waals surface area (Å²) in [6.45, 7) is 0.257. The Morgan fingerprint density at radius 3 is 2.91 bits per heavy atom. The van der Waals surface area contributed by atoms with E-state index in [1.54, 1.807) is 19.2 Å². The molecule has 1 aliphatic heterocycles. The molecule has 1 aromatic rings. The first-order chi connectivity index (χ1) is 10.7. The molecule has 0 unspecified atom stereocenters. The number of nitrogens with one attached hydrogen (secondary N) is 2. The minimum Gasteiger partial charge on any atom is -0.497 e.